The Kier molecular flexibility index (Phi) is 5.09. The lowest BCUT2D eigenvalue weighted by Crippen LogP contribution is -2.39. The minimum Gasteiger partial charge on any atom is -0.495 e. The number of furan rings is 1. The maximum absolute atomic E-state index is 13.4. The highest BCUT2D eigenvalue weighted by atomic mass is 16.5. The molecule has 1 aromatic heterocycles. The van der Waals surface area contributed by atoms with Crippen LogP contribution in [0.3, 0.4) is 0 Å². The molecule has 2 atom stereocenters. The van der Waals surface area contributed by atoms with Crippen LogP contribution in [-0.2, 0) is 9.59 Å². The molecular formula is C23H24N2O4. The van der Waals surface area contributed by atoms with Gasteiger partial charge in [-0.1, -0.05) is 12.1 Å². The van der Waals surface area contributed by atoms with E-state index >= 15 is 0 Å². The number of methoxy groups -OCH3 is 1. The molecule has 150 valence electrons. The van der Waals surface area contributed by atoms with E-state index in [4.69, 9.17) is 9.15 Å². The van der Waals surface area contributed by atoms with Crippen molar-refractivity contribution >= 4 is 23.1 Å². The molecule has 1 N–H and O–H groups in total. The summed E-state index contributed by atoms with van der Waals surface area (Å²) in [4.78, 5) is 30.9. The highest BCUT2D eigenvalue weighted by molar-refractivity contribution is 6.14. The number of Topliss-reactive ketones (excluding diaryl/α,β-unsaturated/α-hetero) is 1. The summed E-state index contributed by atoms with van der Waals surface area (Å²) in [5, 5.41) is 2.93. The van der Waals surface area contributed by atoms with E-state index in [0.717, 1.165) is 24.3 Å². The van der Waals surface area contributed by atoms with E-state index in [9.17, 15) is 9.59 Å². The molecule has 1 fully saturated rings. The van der Waals surface area contributed by atoms with Gasteiger partial charge in [0.05, 0.1) is 30.2 Å². The Balaban J connectivity index is 1.78. The van der Waals surface area contributed by atoms with Crippen LogP contribution in [0.25, 0.3) is 0 Å². The number of allylic oxidation sites excluding steroid dienone is 1. The van der Waals surface area contributed by atoms with E-state index in [0.29, 0.717) is 34.9 Å². The van der Waals surface area contributed by atoms with Crippen molar-refractivity contribution in [3.63, 3.8) is 0 Å². The fourth-order valence-corrected chi connectivity index (χ4v) is 4.28. The molecule has 1 aliphatic carbocycles. The van der Waals surface area contributed by atoms with Gasteiger partial charge in [-0.15, -0.1) is 0 Å². The quantitative estimate of drug-likeness (QED) is 0.835. The van der Waals surface area contributed by atoms with E-state index in [1.54, 1.807) is 19.2 Å². The van der Waals surface area contributed by atoms with Crippen molar-refractivity contribution in [3.05, 3.63) is 59.2 Å². The van der Waals surface area contributed by atoms with Crippen LogP contribution < -0.4 is 10.1 Å². The molecule has 0 bridgehead atoms. The molecule has 1 aliphatic heterocycles. The lowest BCUT2D eigenvalue weighted by molar-refractivity contribution is -0.122. The summed E-state index contributed by atoms with van der Waals surface area (Å²) in [6.45, 7) is 3.68. The van der Waals surface area contributed by atoms with E-state index in [1.807, 2.05) is 38.1 Å². The minimum atomic E-state index is -0.473. The van der Waals surface area contributed by atoms with Crippen LogP contribution in [0.15, 0.2) is 57.1 Å². The molecule has 1 unspecified atom stereocenters. The zero-order valence-corrected chi connectivity index (χ0v) is 16.8. The van der Waals surface area contributed by atoms with Gasteiger partial charge in [0.2, 0.25) is 0 Å². The monoisotopic (exact) mass is 392 g/mol. The van der Waals surface area contributed by atoms with Crippen molar-refractivity contribution in [2.24, 2.45) is 10.9 Å². The third kappa shape index (κ3) is 3.50. The van der Waals surface area contributed by atoms with Crippen LogP contribution >= 0.6 is 0 Å². The average Bonchev–Trinajstić information content (AvgIpc) is 3.13. The van der Waals surface area contributed by atoms with Gasteiger partial charge in [0, 0.05) is 17.8 Å². The Morgan fingerprint density at radius 3 is 2.66 bits per heavy atom. The number of rotatable bonds is 4. The largest absolute Gasteiger partial charge is 0.495 e. The second-order valence-corrected chi connectivity index (χ2v) is 7.48. The number of aliphatic imine (C=N–C) groups is 1. The van der Waals surface area contributed by atoms with Crippen molar-refractivity contribution < 1.29 is 18.7 Å². The predicted molar refractivity (Wildman–Crippen MR) is 110 cm³/mol. The summed E-state index contributed by atoms with van der Waals surface area (Å²) in [5.41, 5.74) is 2.51. The molecule has 2 heterocycles. The molecule has 1 aromatic carbocycles. The number of ether oxygens (including phenoxy) is 1. The number of hydrogen-bond acceptors (Lipinski definition) is 5. The van der Waals surface area contributed by atoms with Crippen LogP contribution in [0.1, 0.15) is 43.6 Å². The number of para-hydroxylation sites is 2. The molecule has 6 heteroatoms. The number of ketones is 1. The van der Waals surface area contributed by atoms with Crippen molar-refractivity contribution in [2.75, 3.05) is 12.4 Å². The molecule has 0 radical (unpaired) electrons. The molecule has 2 aromatic rings. The second kappa shape index (κ2) is 7.70. The van der Waals surface area contributed by atoms with Gasteiger partial charge in [-0.05, 0) is 51.0 Å². The lowest BCUT2D eigenvalue weighted by atomic mass is 9.71. The molecule has 6 nitrogen and oxygen atoms in total. The van der Waals surface area contributed by atoms with Crippen LogP contribution in [0.4, 0.5) is 5.69 Å². The van der Waals surface area contributed by atoms with Gasteiger partial charge < -0.3 is 14.5 Å². The zero-order valence-electron chi connectivity index (χ0n) is 16.8. The predicted octanol–water partition coefficient (Wildman–Crippen LogP) is 4.42. The van der Waals surface area contributed by atoms with E-state index in [2.05, 4.69) is 10.3 Å². The Morgan fingerprint density at radius 2 is 1.93 bits per heavy atom. The standard InChI is InChI=1S/C23H24N2O4/c1-13-11-12-19(29-13)22-20(14(2)24-16-8-6-9-17(26)21(16)22)23(27)25-15-7-4-5-10-18(15)28-3/h4-5,7,10-12,21-22H,6,8-9H2,1-3H3,(H,25,27)/t21?,22-/m1/s1. The molecule has 4 rings (SSSR count). The summed E-state index contributed by atoms with van der Waals surface area (Å²) >= 11 is 0. The van der Waals surface area contributed by atoms with E-state index < -0.39 is 11.8 Å². The number of carbonyl (C=O) groups excluding carboxylic acids is 2. The second-order valence-electron chi connectivity index (χ2n) is 7.48. The number of fused-ring (bicyclic) bond motifs is 1. The van der Waals surface area contributed by atoms with Crippen molar-refractivity contribution in [3.8, 4) is 5.75 Å². The Morgan fingerprint density at radius 1 is 1.14 bits per heavy atom. The highest BCUT2D eigenvalue weighted by Crippen LogP contribution is 2.43. The van der Waals surface area contributed by atoms with Crippen molar-refractivity contribution in [1.29, 1.82) is 0 Å². The number of aryl methyl sites for hydroxylation is 1. The number of anilines is 1. The van der Waals surface area contributed by atoms with Gasteiger partial charge in [-0.3, -0.25) is 14.6 Å². The average molecular weight is 392 g/mol. The van der Waals surface area contributed by atoms with E-state index in [-0.39, 0.29) is 11.7 Å². The third-order valence-electron chi connectivity index (χ3n) is 5.57. The molecule has 1 saturated carbocycles. The van der Waals surface area contributed by atoms with Gasteiger partial charge in [0.1, 0.15) is 23.1 Å². The fraction of sp³-hybridized carbons (Fsp3) is 0.348. The molecule has 0 saturated heterocycles. The van der Waals surface area contributed by atoms with Crippen molar-refractivity contribution in [2.45, 2.75) is 39.0 Å². The summed E-state index contributed by atoms with van der Waals surface area (Å²) in [7, 11) is 1.56. The number of carbonyl (C=O) groups is 2. The maximum Gasteiger partial charge on any atom is 0.254 e. The topological polar surface area (TPSA) is 80.9 Å². The van der Waals surface area contributed by atoms with Gasteiger partial charge in [-0.2, -0.15) is 0 Å². The lowest BCUT2D eigenvalue weighted by Gasteiger charge is -2.34. The number of nitrogens with one attached hydrogen (secondary N) is 1. The van der Waals surface area contributed by atoms with Crippen LogP contribution in [-0.4, -0.2) is 24.5 Å². The number of benzene rings is 1. The zero-order chi connectivity index (χ0) is 20.5. The highest BCUT2D eigenvalue weighted by Gasteiger charge is 2.44. The summed E-state index contributed by atoms with van der Waals surface area (Å²) in [6.07, 6.45) is 2.07. The Bertz CT molecular complexity index is 1030. The first-order chi connectivity index (χ1) is 14.0. The Hall–Kier alpha value is -3.15. The first-order valence-electron chi connectivity index (χ1n) is 9.81. The molecule has 29 heavy (non-hydrogen) atoms. The first kappa shape index (κ1) is 19.2. The van der Waals surface area contributed by atoms with Crippen molar-refractivity contribution in [1.82, 2.24) is 0 Å². The van der Waals surface area contributed by atoms with Crippen LogP contribution in [0, 0.1) is 12.8 Å². The molecule has 0 spiro atoms. The van der Waals surface area contributed by atoms with Crippen LogP contribution in [0.2, 0.25) is 0 Å². The summed E-state index contributed by atoms with van der Waals surface area (Å²) < 4.78 is 11.2. The molecular weight excluding hydrogens is 368 g/mol. The maximum atomic E-state index is 13.4. The van der Waals surface area contributed by atoms with Gasteiger partial charge in [-0.25, -0.2) is 0 Å². The minimum absolute atomic E-state index is 0.115. The Labute approximate surface area is 169 Å². The molecule has 2 aliphatic rings. The number of hydrogen-bond donors (Lipinski definition) is 1. The van der Waals surface area contributed by atoms with Crippen LogP contribution in [0.5, 0.6) is 5.75 Å². The number of amides is 1. The smallest absolute Gasteiger partial charge is 0.254 e. The van der Waals surface area contributed by atoms with Gasteiger partial charge in [0.25, 0.3) is 5.91 Å². The third-order valence-corrected chi connectivity index (χ3v) is 5.57. The fourth-order valence-electron chi connectivity index (χ4n) is 4.28. The summed E-state index contributed by atoms with van der Waals surface area (Å²) in [6, 6.07) is 10.9. The van der Waals surface area contributed by atoms with Gasteiger partial charge >= 0.3 is 0 Å². The molecule has 1 amide bonds. The number of nitrogens with zero attached hydrogens (tertiary/aromatic N) is 1. The van der Waals surface area contributed by atoms with E-state index in [1.165, 1.54) is 0 Å². The summed E-state index contributed by atoms with van der Waals surface area (Å²) in [5.74, 6) is 0.832. The normalized spacial score (nSPS) is 21.5. The SMILES string of the molecule is COc1ccccc1NC(=O)C1=C(C)N=C2CCCC(=O)C2[C@@H]1c1ccc(C)o1. The first-order valence-corrected chi connectivity index (χ1v) is 9.81. The van der Waals surface area contributed by atoms with Gasteiger partial charge in [0.15, 0.2) is 0 Å².